The van der Waals surface area contributed by atoms with Gasteiger partial charge in [-0.1, -0.05) is 6.07 Å². The Labute approximate surface area is 157 Å². The average Bonchev–Trinajstić information content (AvgIpc) is 3.16. The number of hydrogen-bond donors (Lipinski definition) is 0. The maximum absolute atomic E-state index is 13.9. The van der Waals surface area contributed by atoms with Crippen LogP contribution in [-0.4, -0.2) is 50.6 Å². The molecule has 0 spiro atoms. The highest BCUT2D eigenvalue weighted by molar-refractivity contribution is 5.81. The van der Waals surface area contributed by atoms with Gasteiger partial charge in [0.05, 0.1) is 19.6 Å². The van der Waals surface area contributed by atoms with E-state index in [0.717, 1.165) is 21.7 Å². The van der Waals surface area contributed by atoms with Gasteiger partial charge in [0.2, 0.25) is 5.91 Å². The topological polar surface area (TPSA) is 60.1 Å². The molecule has 0 bridgehead atoms. The van der Waals surface area contributed by atoms with Gasteiger partial charge in [0, 0.05) is 18.1 Å². The van der Waals surface area contributed by atoms with E-state index >= 15 is 0 Å². The van der Waals surface area contributed by atoms with Crippen molar-refractivity contribution in [1.82, 2.24) is 19.2 Å². The minimum Gasteiger partial charge on any atom is -0.335 e. The molecule has 2 aliphatic rings. The number of alkyl halides is 2. The lowest BCUT2D eigenvalue weighted by molar-refractivity contribution is -0.134. The maximum Gasteiger partial charge on any atom is 0.346 e. The summed E-state index contributed by atoms with van der Waals surface area (Å²) >= 11 is 0. The van der Waals surface area contributed by atoms with E-state index in [0.29, 0.717) is 25.1 Å². The van der Waals surface area contributed by atoms with Crippen LogP contribution in [0.4, 0.5) is 17.6 Å². The number of carbonyl (C=O) groups is 1. The molecular weight excluding hydrogens is 380 g/mol. The number of benzene rings is 1. The first-order valence-electron chi connectivity index (χ1n) is 9.04. The van der Waals surface area contributed by atoms with Crippen LogP contribution in [-0.2, 0) is 17.8 Å². The molecule has 1 amide bonds. The molecule has 3 unspecified atom stereocenters. The van der Waals surface area contributed by atoms with Crippen LogP contribution >= 0.6 is 0 Å². The smallest absolute Gasteiger partial charge is 0.335 e. The minimum atomic E-state index is -1.73. The van der Waals surface area contributed by atoms with Crippen molar-refractivity contribution >= 4 is 5.91 Å². The molecule has 0 aliphatic carbocycles. The molecule has 150 valence electrons. The minimum absolute atomic E-state index is 0.0851. The summed E-state index contributed by atoms with van der Waals surface area (Å²) in [6.07, 6.45) is -2.06. The molecule has 1 fully saturated rings. The lowest BCUT2D eigenvalue weighted by Gasteiger charge is -2.26. The third kappa shape index (κ3) is 3.20. The van der Waals surface area contributed by atoms with Crippen molar-refractivity contribution < 1.29 is 22.4 Å². The van der Waals surface area contributed by atoms with E-state index in [9.17, 15) is 27.2 Å². The van der Waals surface area contributed by atoms with Gasteiger partial charge >= 0.3 is 5.69 Å². The average molecular weight is 398 g/mol. The molecule has 3 atom stereocenters. The van der Waals surface area contributed by atoms with E-state index in [2.05, 4.69) is 5.10 Å². The van der Waals surface area contributed by atoms with Crippen LogP contribution in [0.25, 0.3) is 0 Å². The van der Waals surface area contributed by atoms with Gasteiger partial charge in [0.1, 0.15) is 23.5 Å². The Kier molecular flexibility index (Phi) is 4.72. The van der Waals surface area contributed by atoms with Crippen molar-refractivity contribution in [2.24, 2.45) is 0 Å². The van der Waals surface area contributed by atoms with Gasteiger partial charge < -0.3 is 4.90 Å². The highest BCUT2D eigenvalue weighted by Crippen LogP contribution is 2.27. The van der Waals surface area contributed by atoms with Gasteiger partial charge in [-0.15, -0.1) is 0 Å². The summed E-state index contributed by atoms with van der Waals surface area (Å²) in [7, 11) is 0. The van der Waals surface area contributed by atoms with Gasteiger partial charge in [-0.25, -0.2) is 27.0 Å². The van der Waals surface area contributed by atoms with Gasteiger partial charge in [-0.2, -0.15) is 5.10 Å². The third-order valence-electron chi connectivity index (χ3n) is 5.24. The lowest BCUT2D eigenvalue weighted by atomic mass is 10.0. The number of amides is 1. The SMILES string of the molecule is O=C(C1CCCc2nn(Cc3ccc(F)cc3F)c(=O)n21)N1CC(F)C(F)C1. The van der Waals surface area contributed by atoms with E-state index in [1.165, 1.54) is 10.6 Å². The van der Waals surface area contributed by atoms with Crippen LogP contribution in [0.5, 0.6) is 0 Å². The number of nitrogens with zero attached hydrogens (tertiary/aromatic N) is 4. The van der Waals surface area contributed by atoms with E-state index in [1.807, 2.05) is 0 Å². The highest BCUT2D eigenvalue weighted by Gasteiger charge is 2.40. The number of likely N-dealkylation sites (tertiary alicyclic amines) is 1. The fraction of sp³-hybridized carbons (Fsp3) is 0.500. The number of aryl methyl sites for hydroxylation is 1. The predicted octanol–water partition coefficient (Wildman–Crippen LogP) is 1.77. The van der Waals surface area contributed by atoms with Crippen LogP contribution < -0.4 is 5.69 Å². The Bertz CT molecular complexity index is 963. The first-order valence-corrected chi connectivity index (χ1v) is 9.04. The number of aromatic nitrogens is 3. The van der Waals surface area contributed by atoms with Gasteiger partial charge in [-0.05, 0) is 18.9 Å². The molecule has 4 rings (SSSR count). The number of hydrogen-bond acceptors (Lipinski definition) is 3. The summed E-state index contributed by atoms with van der Waals surface area (Å²) in [6.45, 7) is -0.889. The number of rotatable bonds is 3. The fourth-order valence-corrected chi connectivity index (χ4v) is 3.79. The molecular formula is C18H18F4N4O2. The first-order chi connectivity index (χ1) is 13.3. The molecule has 2 aliphatic heterocycles. The number of halogens is 4. The molecule has 0 radical (unpaired) electrons. The van der Waals surface area contributed by atoms with Crippen molar-refractivity contribution in [2.75, 3.05) is 13.1 Å². The molecule has 6 nitrogen and oxygen atoms in total. The van der Waals surface area contributed by atoms with Crippen LogP contribution in [0.1, 0.15) is 30.3 Å². The molecule has 1 saturated heterocycles. The molecule has 10 heteroatoms. The summed E-state index contributed by atoms with van der Waals surface area (Å²) in [5, 5.41) is 4.19. The van der Waals surface area contributed by atoms with Crippen LogP contribution in [0.2, 0.25) is 0 Å². The zero-order chi connectivity index (χ0) is 20.0. The van der Waals surface area contributed by atoms with Crippen LogP contribution in [0, 0.1) is 11.6 Å². The second-order valence-corrected chi connectivity index (χ2v) is 7.15. The Morgan fingerprint density at radius 2 is 1.89 bits per heavy atom. The molecule has 28 heavy (non-hydrogen) atoms. The van der Waals surface area contributed by atoms with E-state index in [4.69, 9.17) is 0 Å². The predicted molar refractivity (Wildman–Crippen MR) is 90.3 cm³/mol. The van der Waals surface area contributed by atoms with Gasteiger partial charge in [0.15, 0.2) is 12.3 Å². The molecule has 0 N–H and O–H groups in total. The monoisotopic (exact) mass is 398 g/mol. The largest absolute Gasteiger partial charge is 0.346 e. The molecule has 3 heterocycles. The van der Waals surface area contributed by atoms with Crippen molar-refractivity contribution in [2.45, 2.75) is 44.2 Å². The van der Waals surface area contributed by atoms with Crippen LogP contribution in [0.3, 0.4) is 0 Å². The van der Waals surface area contributed by atoms with Crippen molar-refractivity contribution in [3.63, 3.8) is 0 Å². The fourth-order valence-electron chi connectivity index (χ4n) is 3.79. The van der Waals surface area contributed by atoms with E-state index in [1.54, 1.807) is 0 Å². The van der Waals surface area contributed by atoms with Crippen molar-refractivity contribution in [3.05, 3.63) is 51.7 Å². The van der Waals surface area contributed by atoms with Gasteiger partial charge in [-0.3, -0.25) is 9.36 Å². The summed E-state index contributed by atoms with van der Waals surface area (Å²) in [5.41, 5.74) is -0.522. The normalized spacial score (nSPS) is 24.4. The Morgan fingerprint density at radius 3 is 2.57 bits per heavy atom. The Morgan fingerprint density at radius 1 is 1.18 bits per heavy atom. The molecule has 1 aromatic heterocycles. The number of carbonyl (C=O) groups excluding carboxylic acids is 1. The summed E-state index contributed by atoms with van der Waals surface area (Å²) < 4.78 is 56.2. The van der Waals surface area contributed by atoms with Crippen molar-refractivity contribution in [1.29, 1.82) is 0 Å². The van der Waals surface area contributed by atoms with Crippen molar-refractivity contribution in [3.8, 4) is 0 Å². The standard InChI is InChI=1S/C18H18F4N4O2/c19-11-5-4-10(12(20)6-11)7-25-18(28)26-15(2-1-3-16(26)23-25)17(27)24-8-13(21)14(22)9-24/h4-6,13-15H,1-3,7-9H2. The van der Waals surface area contributed by atoms with E-state index in [-0.39, 0.29) is 25.2 Å². The second-order valence-electron chi connectivity index (χ2n) is 7.15. The quantitative estimate of drug-likeness (QED) is 0.741. The highest BCUT2D eigenvalue weighted by atomic mass is 19.2. The summed E-state index contributed by atoms with van der Waals surface area (Å²) in [6, 6.07) is 2.14. The maximum atomic E-state index is 13.9. The van der Waals surface area contributed by atoms with E-state index < -0.39 is 41.6 Å². The first kappa shape index (κ1) is 18.7. The van der Waals surface area contributed by atoms with Gasteiger partial charge in [0.25, 0.3) is 0 Å². The zero-order valence-corrected chi connectivity index (χ0v) is 14.8. The Balaban J connectivity index is 1.63. The molecule has 2 aromatic rings. The Hall–Kier alpha value is -2.65. The third-order valence-corrected chi connectivity index (χ3v) is 5.24. The molecule has 1 aromatic carbocycles. The second kappa shape index (κ2) is 7.06. The zero-order valence-electron chi connectivity index (χ0n) is 14.8. The molecule has 0 saturated carbocycles. The summed E-state index contributed by atoms with van der Waals surface area (Å²) in [4.78, 5) is 26.7. The van der Waals surface area contributed by atoms with Crippen LogP contribution in [0.15, 0.2) is 23.0 Å². The number of fused-ring (bicyclic) bond motifs is 1. The summed E-state index contributed by atoms with van der Waals surface area (Å²) in [5.74, 6) is -1.68. The lowest BCUT2D eigenvalue weighted by Crippen LogP contribution is -2.42.